The summed E-state index contributed by atoms with van der Waals surface area (Å²) >= 11 is 4.24. The van der Waals surface area contributed by atoms with Crippen molar-refractivity contribution >= 4 is 12.6 Å². The van der Waals surface area contributed by atoms with Gasteiger partial charge in [0.1, 0.15) is 0 Å². The number of aliphatic hydroxyl groups excluding tert-OH is 1. The van der Waals surface area contributed by atoms with Crippen LogP contribution in [0.4, 0.5) is 0 Å². The van der Waals surface area contributed by atoms with Crippen LogP contribution in [0.2, 0.25) is 0 Å². The Hall–Kier alpha value is -0.630. The van der Waals surface area contributed by atoms with E-state index in [9.17, 15) is 5.11 Å². The Bertz CT molecular complexity index is 354. The molecule has 1 aliphatic carbocycles. The summed E-state index contributed by atoms with van der Waals surface area (Å²) in [6.45, 7) is 0. The van der Waals surface area contributed by atoms with E-state index in [1.165, 1.54) is 77.0 Å². The second kappa shape index (κ2) is 14.9. The summed E-state index contributed by atoms with van der Waals surface area (Å²) in [7, 11) is 0. The van der Waals surface area contributed by atoms with E-state index in [0.717, 1.165) is 24.2 Å². The van der Waals surface area contributed by atoms with Crippen molar-refractivity contribution in [2.24, 2.45) is 0 Å². The molecule has 2 heteroatoms. The Morgan fingerprint density at radius 2 is 1.04 bits per heavy atom. The van der Waals surface area contributed by atoms with Gasteiger partial charge >= 0.3 is 0 Å². The third-order valence-electron chi connectivity index (χ3n) is 4.57. The number of hydrogen-bond donors (Lipinski definition) is 2. The predicted octanol–water partition coefficient (Wildman–Crippen LogP) is 7.32. The fourth-order valence-electron chi connectivity index (χ4n) is 3.06. The molecule has 1 rings (SSSR count). The van der Waals surface area contributed by atoms with Crippen molar-refractivity contribution in [2.45, 2.75) is 89.9 Å². The minimum Gasteiger partial charge on any atom is -0.512 e. The molecule has 0 radical (unpaired) electrons. The van der Waals surface area contributed by atoms with E-state index >= 15 is 0 Å². The van der Waals surface area contributed by atoms with E-state index in [-0.39, 0.29) is 0 Å². The minimum atomic E-state index is 0.560. The second-order valence-corrected chi connectivity index (χ2v) is 7.14. The Morgan fingerprint density at radius 1 is 0.652 bits per heavy atom. The van der Waals surface area contributed by atoms with Gasteiger partial charge in [0.25, 0.3) is 0 Å². The molecule has 0 saturated carbocycles. The van der Waals surface area contributed by atoms with E-state index in [1.807, 2.05) is 24.3 Å². The third kappa shape index (κ3) is 11.5. The highest BCUT2D eigenvalue weighted by Gasteiger charge is 2.02. The first kappa shape index (κ1) is 20.4. The van der Waals surface area contributed by atoms with Crippen molar-refractivity contribution in [2.75, 3.05) is 5.75 Å². The smallest absolute Gasteiger partial charge is 0.0994 e. The van der Waals surface area contributed by atoms with E-state index in [2.05, 4.69) is 12.6 Å². The van der Waals surface area contributed by atoms with Gasteiger partial charge in [-0.05, 0) is 18.6 Å². The summed E-state index contributed by atoms with van der Waals surface area (Å²) in [6.07, 6.45) is 26.3. The number of hydrogen-bond acceptors (Lipinski definition) is 2. The number of allylic oxidation sites excluding steroid dienone is 6. The molecule has 132 valence electrons. The van der Waals surface area contributed by atoms with Crippen molar-refractivity contribution in [3.05, 3.63) is 35.6 Å². The molecule has 0 fully saturated rings. The lowest BCUT2D eigenvalue weighted by Gasteiger charge is -2.04. The first-order valence-corrected chi connectivity index (χ1v) is 10.4. The average molecular weight is 337 g/mol. The van der Waals surface area contributed by atoms with Gasteiger partial charge in [-0.25, -0.2) is 0 Å². The molecule has 0 saturated heterocycles. The molecule has 0 aromatic heterocycles. The molecule has 23 heavy (non-hydrogen) atoms. The van der Waals surface area contributed by atoms with Crippen LogP contribution in [-0.2, 0) is 0 Å². The molecule has 1 N–H and O–H groups in total. The van der Waals surface area contributed by atoms with Gasteiger partial charge in [-0.1, -0.05) is 94.9 Å². The molecule has 0 amide bonds. The van der Waals surface area contributed by atoms with Gasteiger partial charge in [0.15, 0.2) is 0 Å². The van der Waals surface area contributed by atoms with Crippen LogP contribution >= 0.6 is 12.6 Å². The predicted molar refractivity (Wildman–Crippen MR) is 106 cm³/mol. The standard InChI is InChI=1S/C21H36OS/c22-21(20-16-13-14-17-20)18-12-10-8-6-4-2-1-3-5-7-9-11-15-19-23/h13-14,16-17,22-23H,1-12,15,18-19H2. The van der Waals surface area contributed by atoms with Crippen LogP contribution in [-0.4, -0.2) is 10.9 Å². The number of unbranched alkanes of at least 4 members (excludes halogenated alkanes) is 12. The van der Waals surface area contributed by atoms with Crippen LogP contribution in [0.3, 0.4) is 0 Å². The normalized spacial score (nSPS) is 13.2. The summed E-state index contributed by atoms with van der Waals surface area (Å²) in [4.78, 5) is 0. The maximum Gasteiger partial charge on any atom is 0.0994 e. The largest absolute Gasteiger partial charge is 0.512 e. The zero-order valence-corrected chi connectivity index (χ0v) is 15.7. The van der Waals surface area contributed by atoms with E-state index in [4.69, 9.17) is 0 Å². The summed E-state index contributed by atoms with van der Waals surface area (Å²) < 4.78 is 0. The Balaban J connectivity index is 1.77. The molecule has 0 atom stereocenters. The zero-order chi connectivity index (χ0) is 16.6. The lowest BCUT2D eigenvalue weighted by Crippen LogP contribution is -1.87. The first-order chi connectivity index (χ1) is 11.3. The van der Waals surface area contributed by atoms with Crippen molar-refractivity contribution in [3.63, 3.8) is 0 Å². The molecule has 1 nitrogen and oxygen atoms in total. The molecular formula is C21H36OS. The van der Waals surface area contributed by atoms with Crippen molar-refractivity contribution < 1.29 is 5.11 Å². The van der Waals surface area contributed by atoms with Crippen molar-refractivity contribution in [1.82, 2.24) is 0 Å². The maximum absolute atomic E-state index is 9.91. The topological polar surface area (TPSA) is 20.2 Å². The second-order valence-electron chi connectivity index (χ2n) is 6.69. The maximum atomic E-state index is 9.91. The molecule has 1 aliphatic rings. The molecule has 0 bridgehead atoms. The lowest BCUT2D eigenvalue weighted by molar-refractivity contribution is 0.377. The minimum absolute atomic E-state index is 0.560. The van der Waals surface area contributed by atoms with Crippen molar-refractivity contribution in [1.29, 1.82) is 0 Å². The third-order valence-corrected chi connectivity index (χ3v) is 4.88. The number of aliphatic hydroxyl groups is 1. The first-order valence-electron chi connectivity index (χ1n) is 9.72. The van der Waals surface area contributed by atoms with Crippen LogP contribution in [0.15, 0.2) is 35.6 Å². The monoisotopic (exact) mass is 336 g/mol. The van der Waals surface area contributed by atoms with E-state index in [1.54, 1.807) is 0 Å². The summed E-state index contributed by atoms with van der Waals surface area (Å²) in [5, 5.41) is 9.91. The van der Waals surface area contributed by atoms with Gasteiger partial charge in [-0.3, -0.25) is 0 Å². The molecule has 0 aliphatic heterocycles. The van der Waals surface area contributed by atoms with Crippen molar-refractivity contribution in [3.8, 4) is 0 Å². The van der Waals surface area contributed by atoms with Crippen LogP contribution in [0.25, 0.3) is 0 Å². The molecule has 0 aromatic rings. The van der Waals surface area contributed by atoms with E-state index in [0.29, 0.717) is 5.76 Å². The number of thiol groups is 1. The Kier molecular flexibility index (Phi) is 13.3. The fourth-order valence-corrected chi connectivity index (χ4v) is 3.28. The van der Waals surface area contributed by atoms with Gasteiger partial charge in [-0.15, -0.1) is 0 Å². The Labute approximate surface area is 149 Å². The average Bonchev–Trinajstić information content (AvgIpc) is 3.09. The van der Waals surface area contributed by atoms with Crippen LogP contribution in [0, 0.1) is 0 Å². The van der Waals surface area contributed by atoms with Gasteiger partial charge in [0, 0.05) is 12.0 Å². The van der Waals surface area contributed by atoms with Crippen LogP contribution < -0.4 is 0 Å². The number of rotatable bonds is 15. The zero-order valence-electron chi connectivity index (χ0n) is 14.8. The molecule has 0 spiro atoms. The quantitative estimate of drug-likeness (QED) is 0.182. The van der Waals surface area contributed by atoms with Gasteiger partial charge in [-0.2, -0.15) is 12.6 Å². The van der Waals surface area contributed by atoms with Crippen LogP contribution in [0.1, 0.15) is 89.9 Å². The molecule has 0 unspecified atom stereocenters. The lowest BCUT2D eigenvalue weighted by atomic mass is 10.0. The SMILES string of the molecule is OC(CCCCCCCCCCCCCCCS)=C1C=CC=C1. The highest BCUT2D eigenvalue weighted by molar-refractivity contribution is 7.80. The van der Waals surface area contributed by atoms with Gasteiger partial charge < -0.3 is 5.11 Å². The fraction of sp³-hybridized carbons (Fsp3) is 0.714. The summed E-state index contributed by atoms with van der Waals surface area (Å²) in [5.41, 5.74) is 0.996. The molecular weight excluding hydrogens is 300 g/mol. The molecule has 0 aromatic carbocycles. The Morgan fingerprint density at radius 3 is 1.48 bits per heavy atom. The van der Waals surface area contributed by atoms with Gasteiger partial charge in [0.2, 0.25) is 0 Å². The highest BCUT2D eigenvalue weighted by atomic mass is 32.1. The molecule has 0 heterocycles. The summed E-state index contributed by atoms with van der Waals surface area (Å²) in [6, 6.07) is 0. The summed E-state index contributed by atoms with van der Waals surface area (Å²) in [5.74, 6) is 1.61. The van der Waals surface area contributed by atoms with Gasteiger partial charge in [0.05, 0.1) is 5.76 Å². The van der Waals surface area contributed by atoms with Crippen LogP contribution in [0.5, 0.6) is 0 Å². The van der Waals surface area contributed by atoms with E-state index < -0.39 is 0 Å². The highest BCUT2D eigenvalue weighted by Crippen LogP contribution is 2.18.